The molecule has 2 aromatic rings. The Hall–Kier alpha value is -2.23. The first-order chi connectivity index (χ1) is 14.4. The summed E-state index contributed by atoms with van der Waals surface area (Å²) in [7, 11) is 0.325. The highest BCUT2D eigenvalue weighted by molar-refractivity contribution is 6.31. The van der Waals surface area contributed by atoms with E-state index >= 15 is 0 Å². The predicted octanol–water partition coefficient (Wildman–Crippen LogP) is 3.40. The molecule has 2 heterocycles. The molecule has 0 bridgehead atoms. The van der Waals surface area contributed by atoms with Gasteiger partial charge in [-0.15, -0.1) is 0 Å². The second-order valence-electron chi connectivity index (χ2n) is 9.34. The summed E-state index contributed by atoms with van der Waals surface area (Å²) in [5, 5.41) is 2.82. The van der Waals surface area contributed by atoms with Gasteiger partial charge in [0.2, 0.25) is 15.7 Å². The van der Waals surface area contributed by atoms with E-state index < -0.39 is 5.60 Å². The molecule has 7 nitrogen and oxygen atoms in total. The maximum atomic E-state index is 14.9. The van der Waals surface area contributed by atoms with Crippen LogP contribution in [0.1, 0.15) is 47.2 Å². The monoisotopic (exact) mass is 446 g/mol. The van der Waals surface area contributed by atoms with E-state index in [1.54, 1.807) is 17.0 Å². The third-order valence-corrected chi connectivity index (χ3v) is 6.08. The van der Waals surface area contributed by atoms with Gasteiger partial charge in [-0.1, -0.05) is 20.8 Å². The number of imidazole rings is 1. The Labute approximate surface area is 185 Å². The molecule has 2 radical (unpaired) electrons. The molecular weight excluding hydrogens is 415 g/mol. The number of carbonyl (C=O) groups is 1. The Morgan fingerprint density at radius 3 is 2.74 bits per heavy atom. The highest BCUT2D eigenvalue weighted by Gasteiger charge is 2.28. The van der Waals surface area contributed by atoms with Crippen LogP contribution in [0, 0.1) is 5.82 Å². The summed E-state index contributed by atoms with van der Waals surface area (Å²) < 4.78 is 28.4. The first-order valence-electron chi connectivity index (χ1n) is 10.4. The molecule has 0 aliphatic carbocycles. The van der Waals surface area contributed by atoms with Gasteiger partial charge < -0.3 is 23.9 Å². The topological polar surface area (TPSA) is 68.6 Å². The van der Waals surface area contributed by atoms with Crippen LogP contribution in [-0.4, -0.2) is 51.1 Å². The number of anilines is 1. The first-order valence-corrected chi connectivity index (χ1v) is 11.3. The number of rotatable bonds is 7. The average molecular weight is 447 g/mol. The van der Waals surface area contributed by atoms with E-state index in [4.69, 9.17) is 9.16 Å². The van der Waals surface area contributed by atoms with Crippen molar-refractivity contribution in [1.82, 2.24) is 14.9 Å². The van der Waals surface area contributed by atoms with Gasteiger partial charge in [-0.3, -0.25) is 4.79 Å². The van der Waals surface area contributed by atoms with E-state index in [0.29, 0.717) is 35.3 Å². The van der Waals surface area contributed by atoms with Crippen molar-refractivity contribution in [1.29, 1.82) is 0 Å². The van der Waals surface area contributed by atoms with E-state index in [-0.39, 0.29) is 22.9 Å². The Balaban J connectivity index is 1.69. The zero-order chi connectivity index (χ0) is 22.8. The number of hydrogen-bond donors (Lipinski definition) is 1. The summed E-state index contributed by atoms with van der Waals surface area (Å²) in [4.78, 5) is 17.5. The number of benzene rings is 1. The largest absolute Gasteiger partial charge is 0.406 e. The van der Waals surface area contributed by atoms with E-state index in [1.807, 2.05) is 31.0 Å². The van der Waals surface area contributed by atoms with Crippen LogP contribution in [0.25, 0.3) is 5.69 Å². The van der Waals surface area contributed by atoms with Crippen LogP contribution < -0.4 is 10.2 Å². The molecule has 1 N–H and O–H groups in total. The van der Waals surface area contributed by atoms with Crippen molar-refractivity contribution in [2.24, 2.45) is 0 Å². The standard InChI is InChI=1S/C22H31FN4O3Si/c1-15(28)24-10-17-11-27(14-29-17)16-7-8-19(18(23)9-16)26-12-20(25-13-26)22(5,6)30-31-21(2,3)4/h7-9,12-13,17H,10-11,14H2,1-6H3,(H,24,28)/t17-/m0/s1. The van der Waals surface area contributed by atoms with Crippen molar-refractivity contribution >= 4 is 21.4 Å². The number of ether oxygens (including phenoxy) is 1. The smallest absolute Gasteiger partial charge is 0.237 e. The van der Waals surface area contributed by atoms with Crippen molar-refractivity contribution in [3.8, 4) is 5.69 Å². The molecule has 1 aliphatic rings. The van der Waals surface area contributed by atoms with Gasteiger partial charge >= 0.3 is 0 Å². The molecule has 9 heteroatoms. The molecule has 1 saturated heterocycles. The summed E-state index contributed by atoms with van der Waals surface area (Å²) in [5.41, 5.74) is 1.35. The average Bonchev–Trinajstić information content (AvgIpc) is 3.34. The van der Waals surface area contributed by atoms with E-state index in [2.05, 4.69) is 31.1 Å². The van der Waals surface area contributed by atoms with Crippen LogP contribution in [0.5, 0.6) is 0 Å². The Kier molecular flexibility index (Phi) is 6.87. The third-order valence-electron chi connectivity index (χ3n) is 4.86. The van der Waals surface area contributed by atoms with Crippen molar-refractivity contribution in [2.75, 3.05) is 24.7 Å². The van der Waals surface area contributed by atoms with Gasteiger partial charge in [0.25, 0.3) is 0 Å². The maximum Gasteiger partial charge on any atom is 0.237 e. The molecular formula is C22H31FN4O3Si. The Morgan fingerprint density at radius 2 is 2.10 bits per heavy atom. The summed E-state index contributed by atoms with van der Waals surface area (Å²) in [6.07, 6.45) is 3.31. The molecule has 0 saturated carbocycles. The lowest BCUT2D eigenvalue weighted by Crippen LogP contribution is -2.33. The molecule has 1 atom stereocenters. The third kappa shape index (κ3) is 6.15. The zero-order valence-corrected chi connectivity index (χ0v) is 20.0. The van der Waals surface area contributed by atoms with Gasteiger partial charge in [0, 0.05) is 31.9 Å². The molecule has 1 fully saturated rings. The van der Waals surface area contributed by atoms with Crippen LogP contribution in [0.4, 0.5) is 10.1 Å². The van der Waals surface area contributed by atoms with Gasteiger partial charge in [0.05, 0.1) is 29.4 Å². The maximum absolute atomic E-state index is 14.9. The van der Waals surface area contributed by atoms with Crippen LogP contribution in [0.3, 0.4) is 0 Å². The number of nitrogens with zero attached hydrogens (tertiary/aromatic N) is 3. The van der Waals surface area contributed by atoms with E-state index in [1.165, 1.54) is 13.0 Å². The quantitative estimate of drug-likeness (QED) is 0.661. The van der Waals surface area contributed by atoms with E-state index in [9.17, 15) is 9.18 Å². The molecule has 1 aromatic heterocycles. The minimum atomic E-state index is -0.566. The fourth-order valence-corrected chi connectivity index (χ4v) is 3.77. The minimum absolute atomic E-state index is 0.0716. The van der Waals surface area contributed by atoms with Gasteiger partial charge in [-0.25, -0.2) is 9.37 Å². The summed E-state index contributed by atoms with van der Waals surface area (Å²) >= 11 is 0. The summed E-state index contributed by atoms with van der Waals surface area (Å²) in [5.74, 6) is -0.438. The van der Waals surface area contributed by atoms with Crippen LogP contribution in [0.15, 0.2) is 30.7 Å². The molecule has 1 aliphatic heterocycles. The minimum Gasteiger partial charge on any atom is -0.406 e. The number of nitrogens with one attached hydrogen (secondary N) is 1. The van der Waals surface area contributed by atoms with Crippen molar-refractivity contribution < 1.29 is 18.3 Å². The van der Waals surface area contributed by atoms with Gasteiger partial charge in [0.1, 0.15) is 12.5 Å². The highest BCUT2D eigenvalue weighted by atomic mass is 28.2. The lowest BCUT2D eigenvalue weighted by Gasteiger charge is -2.27. The Morgan fingerprint density at radius 1 is 1.35 bits per heavy atom. The van der Waals surface area contributed by atoms with Crippen molar-refractivity contribution in [2.45, 2.75) is 58.3 Å². The highest BCUT2D eigenvalue weighted by Crippen LogP contribution is 2.30. The molecule has 3 rings (SSSR count). The summed E-state index contributed by atoms with van der Waals surface area (Å²) in [6.45, 7) is 13.2. The van der Waals surface area contributed by atoms with Gasteiger partial charge in [-0.05, 0) is 37.1 Å². The lowest BCUT2D eigenvalue weighted by atomic mass is 10.1. The van der Waals surface area contributed by atoms with E-state index in [0.717, 1.165) is 11.4 Å². The predicted molar refractivity (Wildman–Crippen MR) is 119 cm³/mol. The molecule has 0 unspecified atom stereocenters. The molecule has 0 spiro atoms. The van der Waals surface area contributed by atoms with Gasteiger partial charge in [-0.2, -0.15) is 0 Å². The zero-order valence-electron chi connectivity index (χ0n) is 19.0. The molecule has 1 aromatic carbocycles. The SMILES string of the molecule is CC(=O)NC[C@H]1CN(c2ccc(-n3cnc(C(C)(C)O[Si]C(C)(C)C)c3)c(F)c2)CO1. The fourth-order valence-electron chi connectivity index (χ4n) is 3.11. The fraction of sp³-hybridized carbons (Fsp3) is 0.545. The van der Waals surface area contributed by atoms with Crippen LogP contribution in [-0.2, 0) is 19.6 Å². The number of halogens is 1. The second-order valence-corrected chi connectivity index (χ2v) is 11.3. The lowest BCUT2D eigenvalue weighted by molar-refractivity contribution is -0.119. The number of hydrogen-bond acceptors (Lipinski definition) is 5. The Bertz CT molecular complexity index is 926. The molecule has 1 amide bonds. The number of aromatic nitrogens is 2. The van der Waals surface area contributed by atoms with Gasteiger partial charge in [0.15, 0.2) is 0 Å². The number of carbonyl (C=O) groups excluding carboxylic acids is 1. The number of amides is 1. The molecule has 168 valence electrons. The second kappa shape index (κ2) is 9.10. The van der Waals surface area contributed by atoms with Crippen LogP contribution >= 0.6 is 0 Å². The summed E-state index contributed by atoms with van der Waals surface area (Å²) in [6, 6.07) is 5.11. The molecule has 31 heavy (non-hydrogen) atoms. The van der Waals surface area contributed by atoms with Crippen LogP contribution in [0.2, 0.25) is 5.04 Å². The normalized spacial score (nSPS) is 17.3. The first kappa shape index (κ1) is 23.4. The van der Waals surface area contributed by atoms with Crippen molar-refractivity contribution in [3.63, 3.8) is 0 Å². The van der Waals surface area contributed by atoms with Crippen molar-refractivity contribution in [3.05, 3.63) is 42.2 Å².